The Morgan fingerprint density at radius 2 is 2.00 bits per heavy atom. The highest BCUT2D eigenvalue weighted by atomic mass is 32.2. The van der Waals surface area contributed by atoms with Crippen LogP contribution in [-0.4, -0.2) is 57.7 Å². The van der Waals surface area contributed by atoms with Crippen molar-refractivity contribution >= 4 is 17.7 Å². The van der Waals surface area contributed by atoms with E-state index in [1.54, 1.807) is 11.8 Å². The van der Waals surface area contributed by atoms with Gasteiger partial charge in [0.1, 0.15) is 0 Å². The molecule has 0 aromatic carbocycles. The van der Waals surface area contributed by atoms with Crippen LogP contribution in [0, 0.1) is 11.8 Å². The first-order chi connectivity index (χ1) is 12.9. The third-order valence-corrected chi connectivity index (χ3v) is 7.04. The normalized spacial score (nSPS) is 27.8. The molecule has 3 N–H and O–H groups in total. The number of aliphatic hydroxyl groups is 3. The summed E-state index contributed by atoms with van der Waals surface area (Å²) in [6.45, 7) is 4.23. The SMILES string of the molecule is CCCCC(C)C(O)CS[C@H]1C(O)CC(O)[C@@H]1CC=CCCCC(=O)OC. The van der Waals surface area contributed by atoms with Gasteiger partial charge in [-0.2, -0.15) is 11.8 Å². The van der Waals surface area contributed by atoms with Crippen LogP contribution in [0.15, 0.2) is 12.2 Å². The lowest BCUT2D eigenvalue weighted by atomic mass is 9.99. The minimum atomic E-state index is -0.527. The molecular formula is C21H38O5S. The Morgan fingerprint density at radius 1 is 1.26 bits per heavy atom. The van der Waals surface area contributed by atoms with Crippen molar-refractivity contribution < 1.29 is 24.9 Å². The number of carbonyl (C=O) groups excluding carboxylic acids is 1. The molecule has 5 nitrogen and oxygen atoms in total. The van der Waals surface area contributed by atoms with Crippen LogP contribution in [0.25, 0.3) is 0 Å². The predicted octanol–water partition coefficient (Wildman–Crippen LogP) is 3.31. The van der Waals surface area contributed by atoms with Gasteiger partial charge >= 0.3 is 5.97 Å². The molecule has 0 spiro atoms. The Labute approximate surface area is 168 Å². The number of hydrogen-bond acceptors (Lipinski definition) is 6. The van der Waals surface area contributed by atoms with Gasteiger partial charge in [-0.3, -0.25) is 4.79 Å². The number of hydrogen-bond donors (Lipinski definition) is 3. The van der Waals surface area contributed by atoms with E-state index < -0.39 is 12.2 Å². The fourth-order valence-corrected chi connectivity index (χ4v) is 5.14. The molecule has 0 radical (unpaired) electrons. The summed E-state index contributed by atoms with van der Waals surface area (Å²) < 4.78 is 4.62. The number of unbranched alkanes of at least 4 members (excludes halogenated alkanes) is 2. The van der Waals surface area contributed by atoms with Crippen LogP contribution in [0.5, 0.6) is 0 Å². The lowest BCUT2D eigenvalue weighted by Gasteiger charge is -2.25. The van der Waals surface area contributed by atoms with E-state index in [0.717, 1.165) is 32.1 Å². The average molecular weight is 403 g/mol. The predicted molar refractivity (Wildman–Crippen MR) is 111 cm³/mol. The zero-order valence-corrected chi connectivity index (χ0v) is 17.9. The Hall–Kier alpha value is -0.560. The van der Waals surface area contributed by atoms with E-state index in [1.807, 2.05) is 12.2 Å². The third-order valence-electron chi connectivity index (χ3n) is 5.46. The summed E-state index contributed by atoms with van der Waals surface area (Å²) in [4.78, 5) is 11.1. The number of carbonyl (C=O) groups is 1. The number of esters is 1. The summed E-state index contributed by atoms with van der Waals surface area (Å²) >= 11 is 1.59. The second-order valence-electron chi connectivity index (χ2n) is 7.69. The lowest BCUT2D eigenvalue weighted by molar-refractivity contribution is -0.140. The van der Waals surface area contributed by atoms with E-state index in [2.05, 4.69) is 18.6 Å². The van der Waals surface area contributed by atoms with E-state index >= 15 is 0 Å². The van der Waals surface area contributed by atoms with Crippen molar-refractivity contribution in [3.8, 4) is 0 Å². The van der Waals surface area contributed by atoms with Gasteiger partial charge in [-0.15, -0.1) is 0 Å². The van der Waals surface area contributed by atoms with Crippen LogP contribution in [-0.2, 0) is 9.53 Å². The molecule has 1 aliphatic rings. The number of methoxy groups -OCH3 is 1. The van der Waals surface area contributed by atoms with Crippen LogP contribution < -0.4 is 0 Å². The van der Waals surface area contributed by atoms with Crippen LogP contribution in [0.2, 0.25) is 0 Å². The molecule has 158 valence electrons. The fraction of sp³-hybridized carbons (Fsp3) is 0.857. The number of rotatable bonds is 13. The summed E-state index contributed by atoms with van der Waals surface area (Å²) in [7, 11) is 1.39. The maximum Gasteiger partial charge on any atom is 0.305 e. The van der Waals surface area contributed by atoms with Gasteiger partial charge < -0.3 is 20.1 Å². The van der Waals surface area contributed by atoms with Gasteiger partial charge in [0, 0.05) is 29.8 Å². The largest absolute Gasteiger partial charge is 0.469 e. The summed E-state index contributed by atoms with van der Waals surface area (Å²) in [5.41, 5.74) is 0. The zero-order chi connectivity index (χ0) is 20.2. The van der Waals surface area contributed by atoms with Crippen LogP contribution in [0.1, 0.15) is 65.2 Å². The second-order valence-corrected chi connectivity index (χ2v) is 8.91. The van der Waals surface area contributed by atoms with E-state index in [4.69, 9.17) is 0 Å². The van der Waals surface area contributed by atoms with Gasteiger partial charge in [-0.25, -0.2) is 0 Å². The monoisotopic (exact) mass is 402 g/mol. The molecule has 1 rings (SSSR count). The average Bonchev–Trinajstić information content (AvgIpc) is 2.92. The number of allylic oxidation sites excluding steroid dienone is 2. The van der Waals surface area contributed by atoms with E-state index in [0.29, 0.717) is 25.0 Å². The summed E-state index contributed by atoms with van der Waals surface area (Å²) in [6.07, 6.45) is 9.00. The summed E-state index contributed by atoms with van der Waals surface area (Å²) in [5, 5.41) is 30.9. The molecule has 27 heavy (non-hydrogen) atoms. The first-order valence-electron chi connectivity index (χ1n) is 10.3. The molecule has 0 amide bonds. The third kappa shape index (κ3) is 8.99. The van der Waals surface area contributed by atoms with Crippen molar-refractivity contribution in [2.45, 2.75) is 88.8 Å². The van der Waals surface area contributed by atoms with Crippen molar-refractivity contribution in [1.82, 2.24) is 0 Å². The smallest absolute Gasteiger partial charge is 0.305 e. The van der Waals surface area contributed by atoms with E-state index in [1.165, 1.54) is 7.11 Å². The van der Waals surface area contributed by atoms with Crippen molar-refractivity contribution in [1.29, 1.82) is 0 Å². The first kappa shape index (κ1) is 24.5. The van der Waals surface area contributed by atoms with Gasteiger partial charge in [0.05, 0.1) is 25.4 Å². The Balaban J connectivity index is 2.41. The lowest BCUT2D eigenvalue weighted by Crippen LogP contribution is -2.28. The van der Waals surface area contributed by atoms with Crippen molar-refractivity contribution in [2.75, 3.05) is 12.9 Å². The molecule has 0 aromatic rings. The molecule has 1 aliphatic carbocycles. The van der Waals surface area contributed by atoms with Crippen LogP contribution >= 0.6 is 11.8 Å². The molecule has 0 aliphatic heterocycles. The number of ether oxygens (including phenoxy) is 1. The Bertz CT molecular complexity index is 442. The Kier molecular flexibility index (Phi) is 12.3. The standard InChI is InChI=1S/C21H38O5S/c1-4-5-10-15(2)19(24)14-27-21-16(17(22)13-18(21)23)11-8-6-7-9-12-20(25)26-3/h6,8,15-19,21-24H,4-5,7,9-14H2,1-3H3/t15?,16-,17?,18?,19?,21+/m0/s1. The molecule has 6 atom stereocenters. The molecule has 0 heterocycles. The molecule has 0 bridgehead atoms. The molecule has 0 saturated heterocycles. The van der Waals surface area contributed by atoms with Gasteiger partial charge in [-0.05, 0) is 31.6 Å². The van der Waals surface area contributed by atoms with Crippen LogP contribution in [0.3, 0.4) is 0 Å². The van der Waals surface area contributed by atoms with Crippen molar-refractivity contribution in [3.63, 3.8) is 0 Å². The quantitative estimate of drug-likeness (QED) is 0.249. The maximum absolute atomic E-state index is 11.1. The topological polar surface area (TPSA) is 87.0 Å². The highest BCUT2D eigenvalue weighted by Crippen LogP contribution is 2.38. The molecule has 1 saturated carbocycles. The fourth-order valence-electron chi connectivity index (χ4n) is 3.52. The molecule has 1 fully saturated rings. The van der Waals surface area contributed by atoms with Gasteiger partial charge in [0.2, 0.25) is 0 Å². The van der Waals surface area contributed by atoms with Gasteiger partial charge in [0.25, 0.3) is 0 Å². The maximum atomic E-state index is 11.1. The van der Waals surface area contributed by atoms with Crippen LogP contribution in [0.4, 0.5) is 0 Å². The summed E-state index contributed by atoms with van der Waals surface area (Å²) in [6, 6.07) is 0. The van der Waals surface area contributed by atoms with Gasteiger partial charge in [-0.1, -0.05) is 38.8 Å². The van der Waals surface area contributed by atoms with Crippen molar-refractivity contribution in [2.24, 2.45) is 11.8 Å². The number of aliphatic hydroxyl groups excluding tert-OH is 3. The van der Waals surface area contributed by atoms with E-state index in [9.17, 15) is 20.1 Å². The molecule has 0 aromatic heterocycles. The molecule has 6 heteroatoms. The summed E-state index contributed by atoms with van der Waals surface area (Å²) in [5.74, 6) is 0.661. The number of thioether (sulfide) groups is 1. The molecular weight excluding hydrogens is 364 g/mol. The highest BCUT2D eigenvalue weighted by Gasteiger charge is 2.41. The molecule has 4 unspecified atom stereocenters. The minimum absolute atomic E-state index is 0.00000465. The minimum Gasteiger partial charge on any atom is -0.469 e. The van der Waals surface area contributed by atoms with Gasteiger partial charge in [0.15, 0.2) is 0 Å². The van der Waals surface area contributed by atoms with E-state index in [-0.39, 0.29) is 29.2 Å². The van der Waals surface area contributed by atoms with Crippen molar-refractivity contribution in [3.05, 3.63) is 12.2 Å². The first-order valence-corrected chi connectivity index (χ1v) is 11.3. The second kappa shape index (κ2) is 13.6. The Morgan fingerprint density at radius 3 is 2.67 bits per heavy atom. The highest BCUT2D eigenvalue weighted by molar-refractivity contribution is 8.00. The zero-order valence-electron chi connectivity index (χ0n) is 17.0.